The summed E-state index contributed by atoms with van der Waals surface area (Å²) in [5.74, 6) is -0.208. The van der Waals surface area contributed by atoms with E-state index in [1.54, 1.807) is 18.0 Å². The number of carbonyl (C=O) groups is 1. The second kappa shape index (κ2) is 7.56. The van der Waals surface area contributed by atoms with Crippen molar-refractivity contribution in [3.8, 4) is 0 Å². The van der Waals surface area contributed by atoms with Crippen LogP contribution < -0.4 is 11.1 Å². The predicted molar refractivity (Wildman–Crippen MR) is 80.9 cm³/mol. The van der Waals surface area contributed by atoms with Crippen LogP contribution in [0, 0.1) is 0 Å². The van der Waals surface area contributed by atoms with E-state index in [0.29, 0.717) is 19.6 Å². The molecule has 21 heavy (non-hydrogen) atoms. The second-order valence-corrected chi connectivity index (χ2v) is 4.74. The molecule has 6 heteroatoms. The topological polar surface area (TPSA) is 82.2 Å². The zero-order valence-electron chi connectivity index (χ0n) is 12.0. The van der Waals surface area contributed by atoms with E-state index in [4.69, 9.17) is 10.5 Å². The molecule has 112 valence electrons. The van der Waals surface area contributed by atoms with E-state index >= 15 is 0 Å². The summed E-state index contributed by atoms with van der Waals surface area (Å²) >= 11 is 0. The Bertz CT molecular complexity index is 569. The quantitative estimate of drug-likeness (QED) is 0.803. The van der Waals surface area contributed by atoms with Gasteiger partial charge in [-0.2, -0.15) is 5.10 Å². The third kappa shape index (κ3) is 4.40. The van der Waals surface area contributed by atoms with Crippen LogP contribution in [0.25, 0.3) is 0 Å². The van der Waals surface area contributed by atoms with Crippen LogP contribution in [0.2, 0.25) is 0 Å². The normalized spacial score (nSPS) is 12.1. The van der Waals surface area contributed by atoms with Crippen LogP contribution in [0.5, 0.6) is 0 Å². The van der Waals surface area contributed by atoms with Gasteiger partial charge in [-0.3, -0.25) is 9.48 Å². The number of hydrogen-bond donors (Lipinski definition) is 2. The molecule has 1 atom stereocenters. The number of hydrogen-bond acceptors (Lipinski definition) is 4. The minimum atomic E-state index is -0.581. The second-order valence-electron chi connectivity index (χ2n) is 4.74. The van der Waals surface area contributed by atoms with Gasteiger partial charge in [-0.25, -0.2) is 0 Å². The van der Waals surface area contributed by atoms with E-state index in [1.807, 2.05) is 36.5 Å². The first-order chi connectivity index (χ1) is 10.2. The average molecular weight is 288 g/mol. The van der Waals surface area contributed by atoms with Gasteiger partial charge in [-0.05, 0) is 24.1 Å². The monoisotopic (exact) mass is 288 g/mol. The van der Waals surface area contributed by atoms with Crippen molar-refractivity contribution in [1.82, 2.24) is 9.78 Å². The van der Waals surface area contributed by atoms with E-state index in [1.165, 1.54) is 0 Å². The minimum absolute atomic E-state index is 0.208. The van der Waals surface area contributed by atoms with Crippen LogP contribution in [0.1, 0.15) is 12.0 Å². The molecule has 1 aromatic heterocycles. The first kappa shape index (κ1) is 15.2. The highest BCUT2D eigenvalue weighted by molar-refractivity contribution is 5.95. The first-order valence-corrected chi connectivity index (χ1v) is 6.81. The zero-order valence-corrected chi connectivity index (χ0v) is 12.0. The van der Waals surface area contributed by atoms with Crippen molar-refractivity contribution >= 4 is 11.6 Å². The molecule has 0 spiro atoms. The smallest absolute Gasteiger partial charge is 0.241 e. The Labute approximate surface area is 123 Å². The highest BCUT2D eigenvalue weighted by atomic mass is 16.5. The van der Waals surface area contributed by atoms with Crippen molar-refractivity contribution in [3.63, 3.8) is 0 Å². The molecule has 1 heterocycles. The molecule has 6 nitrogen and oxygen atoms in total. The molecule has 0 aliphatic carbocycles. The van der Waals surface area contributed by atoms with E-state index in [2.05, 4.69) is 10.4 Å². The number of amides is 1. The van der Waals surface area contributed by atoms with Crippen LogP contribution in [-0.4, -0.2) is 35.4 Å². The van der Waals surface area contributed by atoms with Crippen molar-refractivity contribution < 1.29 is 9.53 Å². The van der Waals surface area contributed by atoms with Gasteiger partial charge in [0, 0.05) is 31.8 Å². The summed E-state index contributed by atoms with van der Waals surface area (Å²) in [5, 5.41) is 7.04. The van der Waals surface area contributed by atoms with Gasteiger partial charge in [0.1, 0.15) is 0 Å². The lowest BCUT2D eigenvalue weighted by atomic mass is 10.1. The van der Waals surface area contributed by atoms with Gasteiger partial charge in [0.15, 0.2) is 0 Å². The summed E-state index contributed by atoms with van der Waals surface area (Å²) in [6.07, 6.45) is 4.09. The Morgan fingerprint density at radius 2 is 2.24 bits per heavy atom. The number of carbonyl (C=O) groups excluding carboxylic acids is 1. The number of ether oxygens (including phenoxy) is 1. The Morgan fingerprint density at radius 3 is 2.95 bits per heavy atom. The Morgan fingerprint density at radius 1 is 1.43 bits per heavy atom. The standard InChI is InChI=1S/C15H20N4O2/c1-21-10-7-13(16)15(20)18-14-6-3-2-5-12(14)11-19-9-4-8-17-19/h2-6,8-9,13H,7,10-11,16H2,1H3,(H,18,20). The molecule has 1 amide bonds. The highest BCUT2D eigenvalue weighted by Gasteiger charge is 2.14. The van der Waals surface area contributed by atoms with Crippen LogP contribution in [-0.2, 0) is 16.1 Å². The summed E-state index contributed by atoms with van der Waals surface area (Å²) in [6, 6.07) is 8.91. The average Bonchev–Trinajstić information content (AvgIpc) is 2.99. The number of nitrogens with two attached hydrogens (primary N) is 1. The largest absolute Gasteiger partial charge is 0.385 e. The number of para-hydroxylation sites is 1. The molecule has 0 aliphatic rings. The summed E-state index contributed by atoms with van der Waals surface area (Å²) in [7, 11) is 1.59. The molecule has 1 aromatic carbocycles. The first-order valence-electron chi connectivity index (χ1n) is 6.81. The minimum Gasteiger partial charge on any atom is -0.385 e. The molecule has 2 aromatic rings. The number of nitrogens with zero attached hydrogens (tertiary/aromatic N) is 2. The predicted octanol–water partition coefficient (Wildman–Crippen LogP) is 1.23. The van der Waals surface area contributed by atoms with Crippen LogP contribution in [0.4, 0.5) is 5.69 Å². The van der Waals surface area contributed by atoms with Crippen molar-refractivity contribution in [3.05, 3.63) is 48.3 Å². The van der Waals surface area contributed by atoms with Crippen molar-refractivity contribution in [2.45, 2.75) is 19.0 Å². The van der Waals surface area contributed by atoms with E-state index in [-0.39, 0.29) is 5.91 Å². The van der Waals surface area contributed by atoms with Gasteiger partial charge in [-0.15, -0.1) is 0 Å². The van der Waals surface area contributed by atoms with Crippen molar-refractivity contribution in [1.29, 1.82) is 0 Å². The number of anilines is 1. The molecule has 3 N–H and O–H groups in total. The molecule has 2 rings (SSSR count). The molecular weight excluding hydrogens is 268 g/mol. The zero-order chi connectivity index (χ0) is 15.1. The van der Waals surface area contributed by atoms with Gasteiger partial charge in [-0.1, -0.05) is 18.2 Å². The molecule has 0 bridgehead atoms. The fraction of sp³-hybridized carbons (Fsp3) is 0.333. The summed E-state index contributed by atoms with van der Waals surface area (Å²) in [4.78, 5) is 12.1. The lowest BCUT2D eigenvalue weighted by molar-refractivity contribution is -0.117. The van der Waals surface area contributed by atoms with Crippen LogP contribution in [0.15, 0.2) is 42.7 Å². The van der Waals surface area contributed by atoms with Gasteiger partial charge < -0.3 is 15.8 Å². The number of aromatic nitrogens is 2. The molecule has 0 saturated carbocycles. The third-order valence-electron chi connectivity index (χ3n) is 3.14. The maximum absolute atomic E-state index is 12.1. The molecule has 0 saturated heterocycles. The molecular formula is C15H20N4O2. The van der Waals surface area contributed by atoms with Gasteiger partial charge >= 0.3 is 0 Å². The molecule has 0 aliphatic heterocycles. The Kier molecular flexibility index (Phi) is 5.48. The highest BCUT2D eigenvalue weighted by Crippen LogP contribution is 2.16. The van der Waals surface area contributed by atoms with E-state index in [9.17, 15) is 4.79 Å². The van der Waals surface area contributed by atoms with Crippen molar-refractivity contribution in [2.75, 3.05) is 19.0 Å². The Hall–Kier alpha value is -2.18. The summed E-state index contributed by atoms with van der Waals surface area (Å²) < 4.78 is 6.74. The van der Waals surface area contributed by atoms with Crippen molar-refractivity contribution in [2.24, 2.45) is 5.73 Å². The van der Waals surface area contributed by atoms with E-state index < -0.39 is 6.04 Å². The SMILES string of the molecule is COCCC(N)C(=O)Nc1ccccc1Cn1cccn1. The summed E-state index contributed by atoms with van der Waals surface area (Å²) in [6.45, 7) is 1.06. The number of rotatable bonds is 7. The number of methoxy groups -OCH3 is 1. The number of nitrogens with one attached hydrogen (secondary N) is 1. The maximum atomic E-state index is 12.1. The lowest BCUT2D eigenvalue weighted by Gasteiger charge is -2.14. The van der Waals surface area contributed by atoms with Gasteiger partial charge in [0.2, 0.25) is 5.91 Å². The van der Waals surface area contributed by atoms with E-state index in [0.717, 1.165) is 11.3 Å². The third-order valence-corrected chi connectivity index (χ3v) is 3.14. The fourth-order valence-electron chi connectivity index (χ4n) is 1.95. The van der Waals surface area contributed by atoms with Gasteiger partial charge in [0.05, 0.1) is 12.6 Å². The summed E-state index contributed by atoms with van der Waals surface area (Å²) in [5.41, 5.74) is 7.56. The van der Waals surface area contributed by atoms with Crippen LogP contribution >= 0.6 is 0 Å². The molecule has 1 unspecified atom stereocenters. The number of benzene rings is 1. The fourth-order valence-corrected chi connectivity index (χ4v) is 1.95. The van der Waals surface area contributed by atoms with Gasteiger partial charge in [0.25, 0.3) is 0 Å². The van der Waals surface area contributed by atoms with Crippen LogP contribution in [0.3, 0.4) is 0 Å². The Balaban J connectivity index is 2.04. The lowest BCUT2D eigenvalue weighted by Crippen LogP contribution is -2.36. The molecule has 0 fully saturated rings. The molecule has 0 radical (unpaired) electrons. The maximum Gasteiger partial charge on any atom is 0.241 e.